The summed E-state index contributed by atoms with van der Waals surface area (Å²) in [6.07, 6.45) is 5.90. The van der Waals surface area contributed by atoms with Crippen molar-refractivity contribution in [3.8, 4) is 0 Å². The van der Waals surface area contributed by atoms with Gasteiger partial charge in [0.2, 0.25) is 0 Å². The van der Waals surface area contributed by atoms with Crippen molar-refractivity contribution in [2.24, 2.45) is 0 Å². The second-order valence-corrected chi connectivity index (χ2v) is 6.32. The van der Waals surface area contributed by atoms with E-state index in [1.807, 2.05) is 24.3 Å². The average molecular weight is 285 g/mol. The Morgan fingerprint density at radius 3 is 2.81 bits per heavy atom. The summed E-state index contributed by atoms with van der Waals surface area (Å²) in [4.78, 5) is 6.66. The highest BCUT2D eigenvalue weighted by molar-refractivity contribution is 5.92. The van der Waals surface area contributed by atoms with Gasteiger partial charge in [-0.05, 0) is 43.7 Å². The molecule has 0 spiro atoms. The van der Waals surface area contributed by atoms with Crippen LogP contribution in [0.1, 0.15) is 31.2 Å². The van der Waals surface area contributed by atoms with E-state index in [9.17, 15) is 5.11 Å². The van der Waals surface area contributed by atoms with E-state index in [2.05, 4.69) is 16.9 Å². The Morgan fingerprint density at radius 1 is 1.29 bits per heavy atom. The lowest BCUT2D eigenvalue weighted by atomic mass is 10.0. The number of benzene rings is 1. The van der Waals surface area contributed by atoms with E-state index >= 15 is 0 Å². The van der Waals surface area contributed by atoms with Crippen molar-refractivity contribution in [1.29, 1.82) is 0 Å². The van der Waals surface area contributed by atoms with Crippen molar-refractivity contribution < 1.29 is 5.11 Å². The fourth-order valence-corrected chi connectivity index (χ4v) is 3.42. The zero-order chi connectivity index (χ0) is 14.9. The van der Waals surface area contributed by atoms with Crippen LogP contribution in [0.3, 0.4) is 0 Å². The summed E-state index contributed by atoms with van der Waals surface area (Å²) in [5.41, 5.74) is 8.39. The Morgan fingerprint density at radius 2 is 2.05 bits per heavy atom. The number of nitrogens with two attached hydrogens (primary N) is 1. The minimum atomic E-state index is -0.508. The van der Waals surface area contributed by atoms with Gasteiger partial charge < -0.3 is 10.8 Å². The quantitative estimate of drug-likeness (QED) is 0.848. The molecular weight excluding hydrogens is 262 g/mol. The highest BCUT2D eigenvalue weighted by Crippen LogP contribution is 2.30. The summed E-state index contributed by atoms with van der Waals surface area (Å²) in [6.45, 7) is 1.49. The van der Waals surface area contributed by atoms with Gasteiger partial charge in [0.05, 0.1) is 11.1 Å². The number of aliphatic hydroxyl groups is 1. The molecule has 1 fully saturated rings. The van der Waals surface area contributed by atoms with E-state index in [4.69, 9.17) is 5.73 Å². The Bertz CT molecular complexity index is 635. The molecule has 1 aliphatic rings. The first-order valence-corrected chi connectivity index (χ1v) is 7.60. The van der Waals surface area contributed by atoms with Crippen molar-refractivity contribution in [1.82, 2.24) is 9.88 Å². The highest BCUT2D eigenvalue weighted by atomic mass is 16.3. The van der Waals surface area contributed by atoms with E-state index in [0.717, 1.165) is 54.4 Å². The SMILES string of the molecule is CN(Cc1ccc(N)c2cccnc12)CC1(O)CCCC1. The van der Waals surface area contributed by atoms with Crippen LogP contribution in [0.15, 0.2) is 30.5 Å². The minimum Gasteiger partial charge on any atom is -0.398 e. The lowest BCUT2D eigenvalue weighted by Crippen LogP contribution is -2.38. The van der Waals surface area contributed by atoms with E-state index in [-0.39, 0.29) is 0 Å². The second-order valence-electron chi connectivity index (χ2n) is 6.32. The standard InChI is InChI=1S/C17H23N3O/c1-20(12-17(21)8-2-3-9-17)11-13-6-7-15(18)14-5-4-10-19-16(13)14/h4-7,10,21H,2-3,8-9,11-12,18H2,1H3. The largest absolute Gasteiger partial charge is 0.398 e. The van der Waals surface area contributed by atoms with Gasteiger partial charge in [0, 0.05) is 30.4 Å². The number of nitrogen functional groups attached to an aromatic ring is 1. The summed E-state index contributed by atoms with van der Waals surface area (Å²) >= 11 is 0. The van der Waals surface area contributed by atoms with Crippen molar-refractivity contribution in [2.45, 2.75) is 37.8 Å². The molecule has 0 amide bonds. The fourth-order valence-electron chi connectivity index (χ4n) is 3.42. The molecule has 1 heterocycles. The number of aromatic nitrogens is 1. The summed E-state index contributed by atoms with van der Waals surface area (Å²) < 4.78 is 0. The molecule has 2 aromatic rings. The average Bonchev–Trinajstić information content (AvgIpc) is 2.88. The first kappa shape index (κ1) is 14.3. The maximum atomic E-state index is 10.5. The zero-order valence-electron chi connectivity index (χ0n) is 12.5. The van der Waals surface area contributed by atoms with E-state index < -0.39 is 5.60 Å². The molecule has 1 aromatic carbocycles. The Labute approximate surface area is 125 Å². The third-order valence-electron chi connectivity index (χ3n) is 4.43. The zero-order valence-corrected chi connectivity index (χ0v) is 12.5. The van der Waals surface area contributed by atoms with Crippen molar-refractivity contribution in [3.63, 3.8) is 0 Å². The number of hydrogen-bond acceptors (Lipinski definition) is 4. The smallest absolute Gasteiger partial charge is 0.0774 e. The molecule has 0 bridgehead atoms. The third-order valence-corrected chi connectivity index (χ3v) is 4.43. The molecule has 3 rings (SSSR count). The number of fused-ring (bicyclic) bond motifs is 1. The van der Waals surface area contributed by atoms with Gasteiger partial charge in [0.15, 0.2) is 0 Å². The van der Waals surface area contributed by atoms with Crippen LogP contribution in [0.5, 0.6) is 0 Å². The number of rotatable bonds is 4. The molecule has 112 valence electrons. The van der Waals surface area contributed by atoms with Gasteiger partial charge in [0.25, 0.3) is 0 Å². The lowest BCUT2D eigenvalue weighted by Gasteiger charge is -2.28. The third kappa shape index (κ3) is 3.01. The van der Waals surface area contributed by atoms with Gasteiger partial charge in [-0.3, -0.25) is 9.88 Å². The molecule has 0 aliphatic heterocycles. The summed E-state index contributed by atoms with van der Waals surface area (Å²) in [6, 6.07) is 7.90. The molecule has 1 aliphatic carbocycles. The van der Waals surface area contributed by atoms with Crippen molar-refractivity contribution >= 4 is 16.6 Å². The molecule has 1 aromatic heterocycles. The number of pyridine rings is 1. The van der Waals surface area contributed by atoms with Crippen LogP contribution >= 0.6 is 0 Å². The van der Waals surface area contributed by atoms with Gasteiger partial charge in [0.1, 0.15) is 0 Å². The van der Waals surface area contributed by atoms with Crippen LogP contribution in [0.25, 0.3) is 10.9 Å². The normalized spacial score (nSPS) is 17.7. The number of anilines is 1. The molecule has 0 saturated heterocycles. The van der Waals surface area contributed by atoms with Crippen LogP contribution in [0.2, 0.25) is 0 Å². The van der Waals surface area contributed by atoms with E-state index in [1.54, 1.807) is 6.20 Å². The predicted molar refractivity (Wildman–Crippen MR) is 85.9 cm³/mol. The van der Waals surface area contributed by atoms with E-state index in [1.165, 1.54) is 0 Å². The number of likely N-dealkylation sites (N-methyl/N-ethyl adjacent to an activating group) is 1. The van der Waals surface area contributed by atoms with Gasteiger partial charge >= 0.3 is 0 Å². The highest BCUT2D eigenvalue weighted by Gasteiger charge is 2.32. The maximum absolute atomic E-state index is 10.5. The number of nitrogens with zero attached hydrogens (tertiary/aromatic N) is 2. The first-order valence-electron chi connectivity index (χ1n) is 7.60. The van der Waals surface area contributed by atoms with Gasteiger partial charge in [-0.15, -0.1) is 0 Å². The summed E-state index contributed by atoms with van der Waals surface area (Å²) in [7, 11) is 2.06. The molecule has 1 saturated carbocycles. The second kappa shape index (κ2) is 5.62. The molecule has 0 radical (unpaired) electrons. The summed E-state index contributed by atoms with van der Waals surface area (Å²) in [5.74, 6) is 0. The Hall–Kier alpha value is -1.65. The number of hydrogen-bond donors (Lipinski definition) is 2. The predicted octanol–water partition coefficient (Wildman–Crippen LogP) is 2.55. The first-order chi connectivity index (χ1) is 10.1. The van der Waals surface area contributed by atoms with Crippen LogP contribution in [-0.2, 0) is 6.54 Å². The van der Waals surface area contributed by atoms with Crippen LogP contribution in [0, 0.1) is 0 Å². The molecule has 0 unspecified atom stereocenters. The van der Waals surface area contributed by atoms with Crippen LogP contribution in [0.4, 0.5) is 5.69 Å². The molecule has 4 heteroatoms. The monoisotopic (exact) mass is 285 g/mol. The van der Waals surface area contributed by atoms with Gasteiger partial charge in [-0.1, -0.05) is 18.9 Å². The lowest BCUT2D eigenvalue weighted by molar-refractivity contribution is 0.0146. The molecule has 4 nitrogen and oxygen atoms in total. The molecular formula is C17H23N3O. The Balaban J connectivity index is 1.80. The summed E-state index contributed by atoms with van der Waals surface area (Å²) in [5, 5.41) is 11.5. The van der Waals surface area contributed by atoms with E-state index in [0.29, 0.717) is 6.54 Å². The van der Waals surface area contributed by atoms with Crippen LogP contribution < -0.4 is 5.73 Å². The maximum Gasteiger partial charge on any atom is 0.0774 e. The van der Waals surface area contributed by atoms with Crippen molar-refractivity contribution in [2.75, 3.05) is 19.3 Å². The fraction of sp³-hybridized carbons (Fsp3) is 0.471. The van der Waals surface area contributed by atoms with Gasteiger partial charge in [-0.25, -0.2) is 0 Å². The van der Waals surface area contributed by atoms with Gasteiger partial charge in [-0.2, -0.15) is 0 Å². The van der Waals surface area contributed by atoms with Crippen LogP contribution in [-0.4, -0.2) is 34.2 Å². The minimum absolute atomic E-state index is 0.508. The molecule has 0 atom stereocenters. The topological polar surface area (TPSA) is 62.4 Å². The Kier molecular flexibility index (Phi) is 3.83. The molecule has 21 heavy (non-hydrogen) atoms. The van der Waals surface area contributed by atoms with Crippen molar-refractivity contribution in [3.05, 3.63) is 36.0 Å². The molecule has 3 N–H and O–H groups in total.